The van der Waals surface area contributed by atoms with Crippen LogP contribution in [-0.4, -0.2) is 23.9 Å². The third-order valence-electron chi connectivity index (χ3n) is 6.04. The lowest BCUT2D eigenvalue weighted by molar-refractivity contribution is 0.0940. The van der Waals surface area contributed by atoms with Crippen molar-refractivity contribution in [3.05, 3.63) is 70.3 Å². The number of carbonyl (C=O) groups excluding carboxylic acids is 1. The Morgan fingerprint density at radius 3 is 2.41 bits per heavy atom. The Morgan fingerprint density at radius 2 is 1.67 bits per heavy atom. The summed E-state index contributed by atoms with van der Waals surface area (Å²) in [6.07, 6.45) is 7.55. The van der Waals surface area contributed by atoms with Gasteiger partial charge in [-0.05, 0) is 92.9 Å². The molecule has 1 aliphatic carbocycles. The van der Waals surface area contributed by atoms with Gasteiger partial charge in [0.25, 0.3) is 5.91 Å². The Hall–Kier alpha value is -2.13. The van der Waals surface area contributed by atoms with Crippen LogP contribution in [0.15, 0.2) is 42.5 Å². The van der Waals surface area contributed by atoms with Crippen LogP contribution >= 0.6 is 0 Å². The Bertz CT molecular complexity index is 791. The van der Waals surface area contributed by atoms with Crippen LogP contribution in [0.3, 0.4) is 0 Å². The molecule has 0 aromatic heterocycles. The van der Waals surface area contributed by atoms with Crippen LogP contribution in [0.2, 0.25) is 0 Å². The monoisotopic (exact) mass is 362 g/mol. The first kappa shape index (κ1) is 18.2. The molecule has 1 amide bonds. The largest absolute Gasteiger partial charge is 0.346 e. The van der Waals surface area contributed by atoms with Crippen molar-refractivity contribution in [1.82, 2.24) is 10.2 Å². The molecule has 1 fully saturated rings. The van der Waals surface area contributed by atoms with Crippen molar-refractivity contribution in [2.45, 2.75) is 58.0 Å². The SMILES string of the molecule is C[C@@H](NC(=O)c1ccc(CN2CCCC2)cc1)c1ccc2c(c1)CCCC2. The van der Waals surface area contributed by atoms with Crippen LogP contribution in [0.25, 0.3) is 0 Å². The zero-order valence-corrected chi connectivity index (χ0v) is 16.3. The molecule has 2 aliphatic rings. The van der Waals surface area contributed by atoms with Gasteiger partial charge in [-0.1, -0.05) is 30.3 Å². The molecule has 1 heterocycles. The molecule has 3 nitrogen and oxygen atoms in total. The fourth-order valence-electron chi connectivity index (χ4n) is 4.35. The molecule has 142 valence electrons. The van der Waals surface area contributed by atoms with E-state index < -0.39 is 0 Å². The third kappa shape index (κ3) is 4.41. The number of fused-ring (bicyclic) bond motifs is 1. The van der Waals surface area contributed by atoms with Crippen molar-refractivity contribution in [2.24, 2.45) is 0 Å². The molecule has 2 aromatic rings. The first-order chi connectivity index (χ1) is 13.2. The summed E-state index contributed by atoms with van der Waals surface area (Å²) in [5.74, 6) is 0.00735. The van der Waals surface area contributed by atoms with Crippen molar-refractivity contribution < 1.29 is 4.79 Å². The molecule has 27 heavy (non-hydrogen) atoms. The average Bonchev–Trinajstić information content (AvgIpc) is 3.21. The fraction of sp³-hybridized carbons (Fsp3) is 0.458. The van der Waals surface area contributed by atoms with E-state index in [9.17, 15) is 4.79 Å². The van der Waals surface area contributed by atoms with E-state index in [0.717, 1.165) is 12.1 Å². The molecule has 0 bridgehead atoms. The summed E-state index contributed by atoms with van der Waals surface area (Å²) in [6.45, 7) is 5.46. The molecule has 0 spiro atoms. The van der Waals surface area contributed by atoms with E-state index in [4.69, 9.17) is 0 Å². The normalized spacial score (nSPS) is 18.1. The van der Waals surface area contributed by atoms with E-state index in [1.807, 2.05) is 12.1 Å². The fourth-order valence-corrected chi connectivity index (χ4v) is 4.35. The van der Waals surface area contributed by atoms with Gasteiger partial charge in [0.15, 0.2) is 0 Å². The smallest absolute Gasteiger partial charge is 0.251 e. The maximum absolute atomic E-state index is 12.7. The molecule has 2 aromatic carbocycles. The van der Waals surface area contributed by atoms with Crippen molar-refractivity contribution in [3.8, 4) is 0 Å². The highest BCUT2D eigenvalue weighted by Gasteiger charge is 2.16. The van der Waals surface area contributed by atoms with Gasteiger partial charge in [0.2, 0.25) is 0 Å². The van der Waals surface area contributed by atoms with E-state index in [2.05, 4.69) is 47.5 Å². The van der Waals surface area contributed by atoms with Crippen LogP contribution in [-0.2, 0) is 19.4 Å². The number of nitrogens with zero attached hydrogens (tertiary/aromatic N) is 1. The molecule has 1 N–H and O–H groups in total. The summed E-state index contributed by atoms with van der Waals surface area (Å²) in [6, 6.07) is 14.8. The highest BCUT2D eigenvalue weighted by atomic mass is 16.1. The molecule has 3 heteroatoms. The standard InChI is InChI=1S/C24H30N2O/c1-18(22-13-12-20-6-2-3-7-23(20)16-22)25-24(27)21-10-8-19(9-11-21)17-26-14-4-5-15-26/h8-13,16,18H,2-7,14-15,17H2,1H3,(H,25,27)/t18-/m1/s1. The highest BCUT2D eigenvalue weighted by molar-refractivity contribution is 5.94. The first-order valence-electron chi connectivity index (χ1n) is 10.4. The van der Waals surface area contributed by atoms with Gasteiger partial charge in [0, 0.05) is 12.1 Å². The van der Waals surface area contributed by atoms with Crippen LogP contribution in [0.1, 0.15) is 71.3 Å². The quantitative estimate of drug-likeness (QED) is 0.839. The molecular formula is C24H30N2O. The molecule has 0 radical (unpaired) electrons. The topological polar surface area (TPSA) is 32.3 Å². The maximum atomic E-state index is 12.7. The van der Waals surface area contributed by atoms with E-state index in [0.29, 0.717) is 0 Å². The number of aryl methyl sites for hydroxylation is 2. The van der Waals surface area contributed by atoms with E-state index in [-0.39, 0.29) is 11.9 Å². The summed E-state index contributed by atoms with van der Waals surface area (Å²) < 4.78 is 0. The average molecular weight is 363 g/mol. The van der Waals surface area contributed by atoms with E-state index in [1.54, 1.807) is 0 Å². The van der Waals surface area contributed by atoms with E-state index in [1.165, 1.54) is 73.9 Å². The van der Waals surface area contributed by atoms with Crippen molar-refractivity contribution in [2.75, 3.05) is 13.1 Å². The van der Waals surface area contributed by atoms with Gasteiger partial charge in [-0.3, -0.25) is 9.69 Å². The Kier molecular flexibility index (Phi) is 5.58. The minimum atomic E-state index is 0.00735. The second-order valence-electron chi connectivity index (χ2n) is 8.11. The Morgan fingerprint density at radius 1 is 0.963 bits per heavy atom. The summed E-state index contributed by atoms with van der Waals surface area (Å²) in [4.78, 5) is 15.1. The van der Waals surface area contributed by atoms with Gasteiger partial charge >= 0.3 is 0 Å². The predicted molar refractivity (Wildman–Crippen MR) is 110 cm³/mol. The minimum absolute atomic E-state index is 0.00735. The minimum Gasteiger partial charge on any atom is -0.346 e. The first-order valence-corrected chi connectivity index (χ1v) is 10.4. The summed E-state index contributed by atoms with van der Waals surface area (Å²) in [5, 5.41) is 3.16. The van der Waals surface area contributed by atoms with Crippen LogP contribution < -0.4 is 5.32 Å². The summed E-state index contributed by atoms with van der Waals surface area (Å²) in [7, 11) is 0. The zero-order valence-electron chi connectivity index (χ0n) is 16.3. The van der Waals surface area contributed by atoms with Crippen molar-refractivity contribution in [1.29, 1.82) is 0 Å². The number of hydrogen-bond acceptors (Lipinski definition) is 2. The summed E-state index contributed by atoms with van der Waals surface area (Å²) in [5.41, 5.74) is 6.18. The van der Waals surface area contributed by atoms with Crippen molar-refractivity contribution in [3.63, 3.8) is 0 Å². The third-order valence-corrected chi connectivity index (χ3v) is 6.04. The predicted octanol–water partition coefficient (Wildman–Crippen LogP) is 4.65. The second-order valence-corrected chi connectivity index (χ2v) is 8.11. The Labute approximate surface area is 162 Å². The van der Waals surface area contributed by atoms with Gasteiger partial charge < -0.3 is 5.32 Å². The zero-order chi connectivity index (χ0) is 18.6. The molecule has 1 atom stereocenters. The second kappa shape index (κ2) is 8.26. The van der Waals surface area contributed by atoms with Gasteiger partial charge in [0.05, 0.1) is 6.04 Å². The van der Waals surface area contributed by atoms with Gasteiger partial charge in [0.1, 0.15) is 0 Å². The Balaban J connectivity index is 1.37. The summed E-state index contributed by atoms with van der Waals surface area (Å²) >= 11 is 0. The lowest BCUT2D eigenvalue weighted by Gasteiger charge is -2.20. The molecule has 1 saturated heterocycles. The number of rotatable bonds is 5. The van der Waals surface area contributed by atoms with Crippen molar-refractivity contribution >= 4 is 5.91 Å². The number of likely N-dealkylation sites (tertiary alicyclic amines) is 1. The van der Waals surface area contributed by atoms with Gasteiger partial charge in [-0.2, -0.15) is 0 Å². The van der Waals surface area contributed by atoms with Crippen LogP contribution in [0, 0.1) is 0 Å². The molecule has 0 saturated carbocycles. The number of nitrogens with one attached hydrogen (secondary N) is 1. The lowest BCUT2D eigenvalue weighted by atomic mass is 9.89. The van der Waals surface area contributed by atoms with Crippen LogP contribution in [0.5, 0.6) is 0 Å². The number of hydrogen-bond donors (Lipinski definition) is 1. The molecule has 1 aliphatic heterocycles. The molecular weight excluding hydrogens is 332 g/mol. The molecule has 4 rings (SSSR count). The maximum Gasteiger partial charge on any atom is 0.251 e. The van der Waals surface area contributed by atoms with Gasteiger partial charge in [-0.15, -0.1) is 0 Å². The number of carbonyl (C=O) groups is 1. The number of amides is 1. The van der Waals surface area contributed by atoms with Crippen LogP contribution in [0.4, 0.5) is 0 Å². The van der Waals surface area contributed by atoms with Gasteiger partial charge in [-0.25, -0.2) is 0 Å². The molecule has 0 unspecified atom stereocenters. The highest BCUT2D eigenvalue weighted by Crippen LogP contribution is 2.25. The lowest BCUT2D eigenvalue weighted by Crippen LogP contribution is -2.27. The van der Waals surface area contributed by atoms with E-state index >= 15 is 0 Å². The number of benzene rings is 2.